The van der Waals surface area contributed by atoms with E-state index in [0.717, 1.165) is 27.8 Å². The van der Waals surface area contributed by atoms with Crippen molar-refractivity contribution in [3.05, 3.63) is 70.9 Å². The fourth-order valence-corrected chi connectivity index (χ4v) is 2.68. The second-order valence-corrected chi connectivity index (χ2v) is 6.92. The fraction of sp³-hybridized carbons (Fsp3) is 0.200. The highest BCUT2D eigenvalue weighted by Gasteiger charge is 2.27. The number of rotatable bonds is 5. The van der Waals surface area contributed by atoms with Crippen LogP contribution in [0, 0.1) is 0 Å². The Hall–Kier alpha value is -2.59. The van der Waals surface area contributed by atoms with Gasteiger partial charge in [0.15, 0.2) is 0 Å². The van der Waals surface area contributed by atoms with Crippen LogP contribution in [-0.2, 0) is 16.8 Å². The van der Waals surface area contributed by atoms with Crippen LogP contribution < -0.4 is 10.5 Å². The molecule has 4 nitrogen and oxygen atoms in total. The number of benzene rings is 2. The van der Waals surface area contributed by atoms with E-state index in [1.165, 1.54) is 0 Å². The minimum absolute atomic E-state index is 0.380. The summed E-state index contributed by atoms with van der Waals surface area (Å²) < 4.78 is 5.82. The summed E-state index contributed by atoms with van der Waals surface area (Å²) in [6.45, 7) is 4.01. The number of primary amides is 1. The summed E-state index contributed by atoms with van der Waals surface area (Å²) in [5.41, 5.74) is 7.31. The molecule has 0 spiro atoms. The van der Waals surface area contributed by atoms with E-state index < -0.39 is 5.41 Å². The van der Waals surface area contributed by atoms with Gasteiger partial charge in [0.05, 0.1) is 10.9 Å². The first-order valence-electron chi connectivity index (χ1n) is 7.94. The first kappa shape index (κ1) is 17.2. The van der Waals surface area contributed by atoms with Gasteiger partial charge in [-0.3, -0.25) is 9.78 Å². The average Bonchev–Trinajstić information content (AvgIpc) is 2.59. The lowest BCUT2D eigenvalue weighted by atomic mass is 9.84. The number of aromatic nitrogens is 1. The smallest absolute Gasteiger partial charge is 0.227 e. The number of halogens is 1. The number of pyridine rings is 1. The molecule has 0 radical (unpaired) electrons. The Morgan fingerprint density at radius 2 is 2.00 bits per heavy atom. The van der Waals surface area contributed by atoms with Crippen LogP contribution in [0.5, 0.6) is 5.75 Å². The van der Waals surface area contributed by atoms with E-state index in [-0.39, 0.29) is 5.91 Å². The van der Waals surface area contributed by atoms with E-state index in [0.29, 0.717) is 11.6 Å². The van der Waals surface area contributed by atoms with Gasteiger partial charge < -0.3 is 10.5 Å². The van der Waals surface area contributed by atoms with E-state index in [1.54, 1.807) is 20.0 Å². The third-order valence-corrected chi connectivity index (χ3v) is 4.52. The summed E-state index contributed by atoms with van der Waals surface area (Å²) in [5.74, 6) is 0.344. The minimum atomic E-state index is -0.761. The molecule has 1 heterocycles. The van der Waals surface area contributed by atoms with Crippen molar-refractivity contribution < 1.29 is 9.53 Å². The summed E-state index contributed by atoms with van der Waals surface area (Å²) >= 11 is 5.98. The second kappa shape index (κ2) is 6.73. The Balaban J connectivity index is 1.82. The molecule has 3 rings (SSSR count). The molecule has 0 saturated heterocycles. The topological polar surface area (TPSA) is 65.2 Å². The van der Waals surface area contributed by atoms with Crippen molar-refractivity contribution in [1.29, 1.82) is 0 Å². The van der Waals surface area contributed by atoms with Crippen LogP contribution in [0.25, 0.3) is 10.9 Å². The number of carbonyl (C=O) groups is 1. The SMILES string of the molecule is CC(C)(C(N)=O)c1cnc2cc(OCc3cccc(Cl)c3)ccc2c1. The Bertz CT molecular complexity index is 938. The number of hydrogen-bond acceptors (Lipinski definition) is 3. The Labute approximate surface area is 151 Å². The van der Waals surface area contributed by atoms with Gasteiger partial charge in [0.2, 0.25) is 5.91 Å². The van der Waals surface area contributed by atoms with Gasteiger partial charge in [0.1, 0.15) is 12.4 Å². The monoisotopic (exact) mass is 354 g/mol. The molecule has 0 saturated carbocycles. The summed E-state index contributed by atoms with van der Waals surface area (Å²) in [4.78, 5) is 16.1. The van der Waals surface area contributed by atoms with Gasteiger partial charge in [-0.2, -0.15) is 0 Å². The summed E-state index contributed by atoms with van der Waals surface area (Å²) in [7, 11) is 0. The molecule has 0 aliphatic carbocycles. The molecule has 0 unspecified atom stereocenters. The Kier molecular flexibility index (Phi) is 4.64. The molecule has 2 aromatic carbocycles. The molecule has 0 fully saturated rings. The lowest BCUT2D eigenvalue weighted by Crippen LogP contribution is -2.35. The van der Waals surface area contributed by atoms with Gasteiger partial charge in [-0.05, 0) is 55.3 Å². The van der Waals surface area contributed by atoms with E-state index in [2.05, 4.69) is 4.98 Å². The summed E-state index contributed by atoms with van der Waals surface area (Å²) in [6.07, 6.45) is 1.69. The van der Waals surface area contributed by atoms with Crippen molar-refractivity contribution >= 4 is 28.4 Å². The predicted molar refractivity (Wildman–Crippen MR) is 99.7 cm³/mol. The molecule has 1 amide bonds. The minimum Gasteiger partial charge on any atom is -0.489 e. The number of nitrogens with two attached hydrogens (primary N) is 1. The molecule has 128 valence electrons. The van der Waals surface area contributed by atoms with Gasteiger partial charge in [-0.15, -0.1) is 0 Å². The third kappa shape index (κ3) is 3.74. The molecule has 5 heteroatoms. The highest BCUT2D eigenvalue weighted by atomic mass is 35.5. The molecular weight excluding hydrogens is 336 g/mol. The van der Waals surface area contributed by atoms with Crippen LogP contribution in [0.2, 0.25) is 5.02 Å². The normalized spacial score (nSPS) is 11.5. The van der Waals surface area contributed by atoms with E-state index in [9.17, 15) is 4.79 Å². The number of nitrogens with zero attached hydrogens (tertiary/aromatic N) is 1. The van der Waals surface area contributed by atoms with Crippen molar-refractivity contribution in [2.24, 2.45) is 5.73 Å². The maximum Gasteiger partial charge on any atom is 0.227 e. The van der Waals surface area contributed by atoms with Crippen LogP contribution in [-0.4, -0.2) is 10.9 Å². The highest BCUT2D eigenvalue weighted by Crippen LogP contribution is 2.27. The van der Waals surface area contributed by atoms with Crippen LogP contribution in [0.15, 0.2) is 54.7 Å². The van der Waals surface area contributed by atoms with Crippen molar-refractivity contribution in [2.75, 3.05) is 0 Å². The number of ether oxygens (including phenoxy) is 1. The van der Waals surface area contributed by atoms with Gasteiger partial charge >= 0.3 is 0 Å². The van der Waals surface area contributed by atoms with Crippen molar-refractivity contribution in [1.82, 2.24) is 4.98 Å². The van der Waals surface area contributed by atoms with Gasteiger partial charge in [0.25, 0.3) is 0 Å². The average molecular weight is 355 g/mol. The quantitative estimate of drug-likeness (QED) is 0.745. The molecular formula is C20H19ClN2O2. The molecule has 1 aromatic heterocycles. The number of amides is 1. The van der Waals surface area contributed by atoms with E-state index in [1.807, 2.05) is 48.5 Å². The van der Waals surface area contributed by atoms with Crippen LogP contribution in [0.3, 0.4) is 0 Å². The summed E-state index contributed by atoms with van der Waals surface area (Å²) in [6, 6.07) is 15.2. The molecule has 25 heavy (non-hydrogen) atoms. The van der Waals surface area contributed by atoms with Crippen LogP contribution >= 0.6 is 11.6 Å². The maximum atomic E-state index is 11.6. The first-order chi connectivity index (χ1) is 11.9. The molecule has 3 aromatic rings. The van der Waals surface area contributed by atoms with Crippen molar-refractivity contribution in [3.63, 3.8) is 0 Å². The third-order valence-electron chi connectivity index (χ3n) is 4.29. The lowest BCUT2D eigenvalue weighted by Gasteiger charge is -2.20. The highest BCUT2D eigenvalue weighted by molar-refractivity contribution is 6.30. The second-order valence-electron chi connectivity index (χ2n) is 6.49. The van der Waals surface area contributed by atoms with Crippen LogP contribution in [0.1, 0.15) is 25.0 Å². The van der Waals surface area contributed by atoms with Crippen LogP contribution in [0.4, 0.5) is 0 Å². The van der Waals surface area contributed by atoms with Crippen molar-refractivity contribution in [3.8, 4) is 5.75 Å². The maximum absolute atomic E-state index is 11.6. The van der Waals surface area contributed by atoms with Gasteiger partial charge in [0, 0.05) is 22.7 Å². The zero-order valence-electron chi connectivity index (χ0n) is 14.1. The Morgan fingerprint density at radius 3 is 2.72 bits per heavy atom. The molecule has 0 aliphatic rings. The number of fused-ring (bicyclic) bond motifs is 1. The number of carbonyl (C=O) groups excluding carboxylic acids is 1. The largest absolute Gasteiger partial charge is 0.489 e. The zero-order valence-corrected chi connectivity index (χ0v) is 14.9. The predicted octanol–water partition coefficient (Wildman–Crippen LogP) is 4.23. The van der Waals surface area contributed by atoms with Gasteiger partial charge in [-0.25, -0.2) is 0 Å². The fourth-order valence-electron chi connectivity index (χ4n) is 2.47. The molecule has 2 N–H and O–H groups in total. The first-order valence-corrected chi connectivity index (χ1v) is 8.31. The van der Waals surface area contributed by atoms with E-state index in [4.69, 9.17) is 22.1 Å². The molecule has 0 bridgehead atoms. The molecule has 0 aliphatic heterocycles. The molecule has 0 atom stereocenters. The van der Waals surface area contributed by atoms with E-state index >= 15 is 0 Å². The Morgan fingerprint density at radius 1 is 1.20 bits per heavy atom. The van der Waals surface area contributed by atoms with Crippen molar-refractivity contribution in [2.45, 2.75) is 25.9 Å². The van der Waals surface area contributed by atoms with Gasteiger partial charge in [-0.1, -0.05) is 23.7 Å². The standard InChI is InChI=1S/C20H19ClN2O2/c1-20(2,19(22)24)15-9-14-6-7-17(10-18(14)23-11-15)25-12-13-4-3-5-16(21)8-13/h3-11H,12H2,1-2H3,(H2,22,24). The summed E-state index contributed by atoms with van der Waals surface area (Å²) in [5, 5.41) is 1.62. The lowest BCUT2D eigenvalue weighted by molar-refractivity contribution is -0.122. The zero-order chi connectivity index (χ0) is 18.0. The number of hydrogen-bond donors (Lipinski definition) is 1.